The second-order valence-corrected chi connectivity index (χ2v) is 9.82. The molecule has 2 atom stereocenters. The van der Waals surface area contributed by atoms with E-state index in [1.54, 1.807) is 23.1 Å². The molecule has 0 aromatic heterocycles. The molecule has 0 spiro atoms. The molecule has 0 bridgehead atoms. The number of carbonyl (C=O) groups is 2. The SMILES string of the molecule is CC[C@H](C)NC(=O)[C@H](CC)N(Cc1c(Cl)cccc1Cl)C(=O)CSCc1ccc(Cl)cc1. The Morgan fingerprint density at radius 2 is 1.62 bits per heavy atom. The van der Waals surface area contributed by atoms with Gasteiger partial charge in [-0.2, -0.15) is 0 Å². The number of carbonyl (C=O) groups excluding carboxylic acids is 2. The second kappa shape index (κ2) is 13.3. The zero-order valence-electron chi connectivity index (χ0n) is 18.5. The van der Waals surface area contributed by atoms with Gasteiger partial charge in [-0.15, -0.1) is 11.8 Å². The maximum absolute atomic E-state index is 13.3. The highest BCUT2D eigenvalue weighted by atomic mass is 35.5. The number of nitrogens with one attached hydrogen (secondary N) is 1. The van der Waals surface area contributed by atoms with E-state index in [2.05, 4.69) is 5.32 Å². The van der Waals surface area contributed by atoms with Gasteiger partial charge in [-0.05, 0) is 49.6 Å². The first-order valence-corrected chi connectivity index (χ1v) is 12.9. The van der Waals surface area contributed by atoms with Gasteiger partial charge in [-0.3, -0.25) is 9.59 Å². The molecule has 0 saturated heterocycles. The minimum atomic E-state index is -0.611. The Morgan fingerprint density at radius 1 is 1.00 bits per heavy atom. The summed E-state index contributed by atoms with van der Waals surface area (Å²) in [6.45, 7) is 6.02. The standard InChI is InChI=1S/C24H29Cl3N2O2S/c1-4-16(3)28-24(31)22(5-2)29(13-19-20(26)7-6-8-21(19)27)23(30)15-32-14-17-9-11-18(25)12-10-17/h6-12,16,22H,4-5,13-15H2,1-3H3,(H,28,31)/t16-,22-/m0/s1. The lowest BCUT2D eigenvalue weighted by Gasteiger charge is -2.32. The number of halogens is 3. The predicted octanol–water partition coefficient (Wildman–Crippen LogP) is 6.60. The number of amides is 2. The van der Waals surface area contributed by atoms with Crippen LogP contribution in [0.25, 0.3) is 0 Å². The van der Waals surface area contributed by atoms with Gasteiger partial charge in [-0.25, -0.2) is 0 Å². The average Bonchev–Trinajstić information content (AvgIpc) is 2.76. The summed E-state index contributed by atoms with van der Waals surface area (Å²) >= 11 is 20.2. The lowest BCUT2D eigenvalue weighted by atomic mass is 10.1. The number of benzene rings is 2. The molecule has 2 amide bonds. The molecule has 0 aliphatic heterocycles. The summed E-state index contributed by atoms with van der Waals surface area (Å²) in [6, 6.07) is 12.2. The molecule has 4 nitrogen and oxygen atoms in total. The van der Waals surface area contributed by atoms with Crippen LogP contribution >= 0.6 is 46.6 Å². The van der Waals surface area contributed by atoms with E-state index in [0.717, 1.165) is 12.0 Å². The molecule has 2 aromatic rings. The van der Waals surface area contributed by atoms with Crippen LogP contribution in [0.2, 0.25) is 15.1 Å². The van der Waals surface area contributed by atoms with Gasteiger partial charge in [0.05, 0.1) is 5.75 Å². The molecule has 32 heavy (non-hydrogen) atoms. The van der Waals surface area contributed by atoms with Crippen molar-refractivity contribution in [2.75, 3.05) is 5.75 Å². The summed E-state index contributed by atoms with van der Waals surface area (Å²) in [6.07, 6.45) is 1.29. The summed E-state index contributed by atoms with van der Waals surface area (Å²) in [4.78, 5) is 27.9. The van der Waals surface area contributed by atoms with Crippen LogP contribution in [0, 0.1) is 0 Å². The Hall–Kier alpha value is -1.40. The van der Waals surface area contributed by atoms with Gasteiger partial charge >= 0.3 is 0 Å². The minimum Gasteiger partial charge on any atom is -0.352 e. The largest absolute Gasteiger partial charge is 0.352 e. The third kappa shape index (κ3) is 7.87. The van der Waals surface area contributed by atoms with Gasteiger partial charge in [0, 0.05) is 39.0 Å². The van der Waals surface area contributed by atoms with E-state index in [-0.39, 0.29) is 30.2 Å². The lowest BCUT2D eigenvalue weighted by Crippen LogP contribution is -2.51. The monoisotopic (exact) mass is 514 g/mol. The summed E-state index contributed by atoms with van der Waals surface area (Å²) in [5, 5.41) is 4.62. The van der Waals surface area contributed by atoms with E-state index in [4.69, 9.17) is 34.8 Å². The van der Waals surface area contributed by atoms with Crippen molar-refractivity contribution in [1.82, 2.24) is 10.2 Å². The fourth-order valence-electron chi connectivity index (χ4n) is 3.13. The van der Waals surface area contributed by atoms with E-state index < -0.39 is 6.04 Å². The van der Waals surface area contributed by atoms with Crippen LogP contribution in [-0.4, -0.2) is 34.6 Å². The van der Waals surface area contributed by atoms with E-state index in [1.165, 1.54) is 11.8 Å². The Bertz CT molecular complexity index is 888. The van der Waals surface area contributed by atoms with Crippen LogP contribution in [0.15, 0.2) is 42.5 Å². The third-order valence-electron chi connectivity index (χ3n) is 5.18. The molecule has 174 valence electrons. The molecule has 0 fully saturated rings. The number of hydrogen-bond acceptors (Lipinski definition) is 3. The smallest absolute Gasteiger partial charge is 0.243 e. The zero-order chi connectivity index (χ0) is 23.7. The van der Waals surface area contributed by atoms with Crippen LogP contribution in [0.4, 0.5) is 0 Å². The van der Waals surface area contributed by atoms with E-state index in [9.17, 15) is 9.59 Å². The Labute approximate surface area is 210 Å². The fourth-order valence-corrected chi connectivity index (χ4v) is 4.65. The Kier molecular flexibility index (Phi) is 11.2. The molecule has 0 heterocycles. The average molecular weight is 516 g/mol. The summed E-state index contributed by atoms with van der Waals surface area (Å²) < 4.78 is 0. The zero-order valence-corrected chi connectivity index (χ0v) is 21.6. The molecule has 2 rings (SSSR count). The summed E-state index contributed by atoms with van der Waals surface area (Å²) in [5.74, 6) is 0.601. The molecule has 0 radical (unpaired) electrons. The third-order valence-corrected chi connectivity index (χ3v) is 7.13. The number of rotatable bonds is 11. The van der Waals surface area contributed by atoms with Crippen LogP contribution in [0.5, 0.6) is 0 Å². The first kappa shape index (κ1) is 26.8. The fraction of sp³-hybridized carbons (Fsp3) is 0.417. The summed E-state index contributed by atoms with van der Waals surface area (Å²) in [5.41, 5.74) is 1.72. The van der Waals surface area contributed by atoms with Gasteiger partial charge < -0.3 is 10.2 Å². The molecule has 2 aromatic carbocycles. The second-order valence-electron chi connectivity index (χ2n) is 7.58. The predicted molar refractivity (Wildman–Crippen MR) is 137 cm³/mol. The van der Waals surface area contributed by atoms with E-state index in [1.807, 2.05) is 45.0 Å². The van der Waals surface area contributed by atoms with Crippen molar-refractivity contribution in [3.63, 3.8) is 0 Å². The normalized spacial score (nSPS) is 12.8. The molecule has 8 heteroatoms. The highest BCUT2D eigenvalue weighted by Gasteiger charge is 2.30. The van der Waals surface area contributed by atoms with Gasteiger partial charge in [0.2, 0.25) is 11.8 Å². The van der Waals surface area contributed by atoms with Crippen LogP contribution in [0.3, 0.4) is 0 Å². The van der Waals surface area contributed by atoms with Crippen molar-refractivity contribution in [3.05, 3.63) is 68.7 Å². The Balaban J connectivity index is 2.20. The number of thioether (sulfide) groups is 1. The maximum Gasteiger partial charge on any atom is 0.243 e. The highest BCUT2D eigenvalue weighted by Crippen LogP contribution is 2.27. The molecule has 0 unspecified atom stereocenters. The van der Waals surface area contributed by atoms with Crippen LogP contribution in [-0.2, 0) is 21.9 Å². The van der Waals surface area contributed by atoms with Crippen LogP contribution in [0.1, 0.15) is 44.7 Å². The molecular formula is C24H29Cl3N2O2S. The molecular weight excluding hydrogens is 487 g/mol. The molecule has 0 aliphatic rings. The molecule has 0 aliphatic carbocycles. The number of nitrogens with zero attached hydrogens (tertiary/aromatic N) is 1. The maximum atomic E-state index is 13.3. The quantitative estimate of drug-likeness (QED) is 0.367. The minimum absolute atomic E-state index is 0.0247. The summed E-state index contributed by atoms with van der Waals surface area (Å²) in [7, 11) is 0. The van der Waals surface area contributed by atoms with E-state index >= 15 is 0 Å². The number of hydrogen-bond donors (Lipinski definition) is 1. The first-order valence-electron chi connectivity index (χ1n) is 10.6. The lowest BCUT2D eigenvalue weighted by molar-refractivity contribution is -0.139. The topological polar surface area (TPSA) is 49.4 Å². The highest BCUT2D eigenvalue weighted by molar-refractivity contribution is 7.99. The van der Waals surface area contributed by atoms with Gasteiger partial charge in [-0.1, -0.05) is 66.8 Å². The van der Waals surface area contributed by atoms with Crippen molar-refractivity contribution in [1.29, 1.82) is 0 Å². The van der Waals surface area contributed by atoms with Crippen LogP contribution < -0.4 is 5.32 Å². The first-order chi connectivity index (χ1) is 15.3. The van der Waals surface area contributed by atoms with Crippen molar-refractivity contribution < 1.29 is 9.59 Å². The van der Waals surface area contributed by atoms with Crippen molar-refractivity contribution >= 4 is 58.4 Å². The van der Waals surface area contributed by atoms with E-state index in [0.29, 0.717) is 32.8 Å². The molecule has 0 saturated carbocycles. The van der Waals surface area contributed by atoms with Crippen molar-refractivity contribution in [3.8, 4) is 0 Å². The van der Waals surface area contributed by atoms with Crippen molar-refractivity contribution in [2.45, 2.75) is 58.0 Å². The van der Waals surface area contributed by atoms with Gasteiger partial charge in [0.15, 0.2) is 0 Å². The van der Waals surface area contributed by atoms with Gasteiger partial charge in [0.1, 0.15) is 6.04 Å². The van der Waals surface area contributed by atoms with Crippen molar-refractivity contribution in [2.24, 2.45) is 0 Å². The Morgan fingerprint density at radius 3 is 2.19 bits per heavy atom. The van der Waals surface area contributed by atoms with Gasteiger partial charge in [0.25, 0.3) is 0 Å². The molecule has 1 N–H and O–H groups in total.